The minimum atomic E-state index is -0.405. The first-order valence-corrected chi connectivity index (χ1v) is 14.6. The number of pyridine rings is 1. The number of methoxy groups -OCH3 is 2. The van der Waals surface area contributed by atoms with E-state index in [1.807, 2.05) is 85.1 Å². The lowest BCUT2D eigenvalue weighted by Gasteiger charge is -2.28. The van der Waals surface area contributed by atoms with Gasteiger partial charge < -0.3 is 29.0 Å². The number of hydrogen-bond donors (Lipinski definition) is 1. The molecule has 1 N–H and O–H groups in total. The number of nitro benzene ring substituents is 1. The second-order valence-corrected chi connectivity index (χ2v) is 10.9. The highest BCUT2D eigenvalue weighted by Crippen LogP contribution is 2.45. The fourth-order valence-corrected chi connectivity index (χ4v) is 6.17. The van der Waals surface area contributed by atoms with Gasteiger partial charge in [0.15, 0.2) is 5.11 Å². The molecule has 1 saturated heterocycles. The Morgan fingerprint density at radius 1 is 0.889 bits per heavy atom. The summed E-state index contributed by atoms with van der Waals surface area (Å²) in [4.78, 5) is 18.0. The van der Waals surface area contributed by atoms with Crippen molar-refractivity contribution in [3.63, 3.8) is 0 Å². The third-order valence-electron chi connectivity index (χ3n) is 7.91. The first-order valence-electron chi connectivity index (χ1n) is 14.2. The Kier molecular flexibility index (Phi) is 8.10. The van der Waals surface area contributed by atoms with Crippen LogP contribution >= 0.6 is 12.2 Å². The van der Waals surface area contributed by atoms with E-state index in [9.17, 15) is 10.1 Å². The number of anilines is 1. The number of thiocarbonyl (C=S) groups is 1. The number of aryl methyl sites for hydroxylation is 1. The fraction of sp³-hybridized carbons (Fsp3) is 0.176. The van der Waals surface area contributed by atoms with E-state index in [0.717, 1.165) is 34.1 Å². The molecular formula is C34H31N5O5S. The molecular weight excluding hydrogens is 590 g/mol. The highest BCUT2D eigenvalue weighted by Gasteiger charge is 2.42. The molecule has 3 heterocycles. The molecule has 0 aliphatic carbocycles. The monoisotopic (exact) mass is 621 g/mol. The Bertz CT molecular complexity index is 1860. The van der Waals surface area contributed by atoms with Crippen molar-refractivity contribution in [1.82, 2.24) is 14.9 Å². The van der Waals surface area contributed by atoms with Crippen molar-refractivity contribution in [1.29, 1.82) is 0 Å². The normalized spacial score (nSPS) is 15.9. The second-order valence-electron chi connectivity index (χ2n) is 10.5. The third-order valence-corrected chi connectivity index (χ3v) is 8.23. The minimum absolute atomic E-state index is 0.0199. The van der Waals surface area contributed by atoms with Crippen molar-refractivity contribution in [2.45, 2.75) is 25.9 Å². The molecule has 6 rings (SSSR count). The molecule has 0 saturated carbocycles. The zero-order valence-corrected chi connectivity index (χ0v) is 25.9. The smallest absolute Gasteiger partial charge is 0.271 e. The summed E-state index contributed by atoms with van der Waals surface area (Å²) in [5.74, 6) is 2.65. The Morgan fingerprint density at radius 3 is 2.20 bits per heavy atom. The van der Waals surface area contributed by atoms with Crippen LogP contribution in [0.1, 0.15) is 34.7 Å². The van der Waals surface area contributed by atoms with Crippen LogP contribution in [0.4, 0.5) is 11.4 Å². The van der Waals surface area contributed by atoms with E-state index in [1.54, 1.807) is 26.5 Å². The minimum Gasteiger partial charge on any atom is -0.497 e. The fourth-order valence-electron chi connectivity index (χ4n) is 5.83. The molecule has 0 spiro atoms. The molecule has 2 aromatic heterocycles. The maximum atomic E-state index is 11.7. The number of nitro groups is 1. The summed E-state index contributed by atoms with van der Waals surface area (Å²) in [6.07, 6.45) is 1.77. The van der Waals surface area contributed by atoms with Gasteiger partial charge in [0, 0.05) is 35.4 Å². The van der Waals surface area contributed by atoms with Crippen molar-refractivity contribution in [2.24, 2.45) is 0 Å². The number of nitrogens with zero attached hydrogens (tertiary/aromatic N) is 4. The van der Waals surface area contributed by atoms with Crippen LogP contribution in [-0.4, -0.2) is 33.8 Å². The molecule has 2 atom stereocenters. The highest BCUT2D eigenvalue weighted by molar-refractivity contribution is 7.80. The third kappa shape index (κ3) is 5.65. The van der Waals surface area contributed by atoms with Gasteiger partial charge in [0.1, 0.15) is 23.0 Å². The maximum absolute atomic E-state index is 11.7. The van der Waals surface area contributed by atoms with Crippen LogP contribution in [0.25, 0.3) is 5.69 Å². The van der Waals surface area contributed by atoms with Gasteiger partial charge >= 0.3 is 0 Å². The van der Waals surface area contributed by atoms with E-state index in [0.29, 0.717) is 28.0 Å². The van der Waals surface area contributed by atoms with Crippen molar-refractivity contribution >= 4 is 28.7 Å². The number of aromatic nitrogens is 2. The van der Waals surface area contributed by atoms with E-state index in [1.165, 1.54) is 12.1 Å². The maximum Gasteiger partial charge on any atom is 0.271 e. The molecule has 11 heteroatoms. The van der Waals surface area contributed by atoms with Gasteiger partial charge in [-0.15, -0.1) is 0 Å². The molecule has 45 heavy (non-hydrogen) atoms. The van der Waals surface area contributed by atoms with Crippen LogP contribution in [0.2, 0.25) is 0 Å². The van der Waals surface area contributed by atoms with E-state index in [4.69, 9.17) is 26.4 Å². The van der Waals surface area contributed by atoms with Crippen LogP contribution < -0.4 is 24.4 Å². The number of ether oxygens (including phenoxy) is 3. The Hall–Kier alpha value is -5.42. The molecule has 3 aromatic carbocycles. The number of benzene rings is 3. The van der Waals surface area contributed by atoms with Crippen LogP contribution in [0.5, 0.6) is 23.0 Å². The molecule has 0 bridgehead atoms. The molecule has 1 aliphatic heterocycles. The lowest BCUT2D eigenvalue weighted by Crippen LogP contribution is -2.29. The van der Waals surface area contributed by atoms with Gasteiger partial charge in [-0.2, -0.15) is 0 Å². The van der Waals surface area contributed by atoms with Gasteiger partial charge in [0.25, 0.3) is 5.69 Å². The summed E-state index contributed by atoms with van der Waals surface area (Å²) in [6.45, 7) is 3.97. The van der Waals surface area contributed by atoms with Crippen LogP contribution in [-0.2, 0) is 0 Å². The second kappa shape index (κ2) is 12.3. The van der Waals surface area contributed by atoms with Crippen molar-refractivity contribution in [3.8, 4) is 28.7 Å². The van der Waals surface area contributed by atoms with Gasteiger partial charge in [-0.3, -0.25) is 15.1 Å². The first kappa shape index (κ1) is 29.6. The quantitative estimate of drug-likeness (QED) is 0.103. The van der Waals surface area contributed by atoms with Gasteiger partial charge in [0.2, 0.25) is 0 Å². The molecule has 0 radical (unpaired) electrons. The van der Waals surface area contributed by atoms with Crippen LogP contribution in [0, 0.1) is 24.0 Å². The van der Waals surface area contributed by atoms with E-state index in [-0.39, 0.29) is 17.8 Å². The number of nitrogens with one attached hydrogen (secondary N) is 1. The van der Waals surface area contributed by atoms with Crippen molar-refractivity contribution < 1.29 is 19.1 Å². The molecule has 1 aliphatic rings. The number of rotatable bonds is 9. The molecule has 2 unspecified atom stereocenters. The highest BCUT2D eigenvalue weighted by atomic mass is 32.1. The summed E-state index contributed by atoms with van der Waals surface area (Å²) in [5.41, 5.74) is 5.05. The summed E-state index contributed by atoms with van der Waals surface area (Å²) in [6, 6.07) is 27.1. The van der Waals surface area contributed by atoms with Gasteiger partial charge in [-0.1, -0.05) is 6.07 Å². The number of non-ortho nitro benzene ring substituents is 1. The molecule has 0 amide bonds. The predicted octanol–water partition coefficient (Wildman–Crippen LogP) is 7.38. The number of hydrogen-bond acceptors (Lipinski definition) is 7. The Balaban J connectivity index is 1.42. The predicted molar refractivity (Wildman–Crippen MR) is 176 cm³/mol. The molecule has 228 valence electrons. The lowest BCUT2D eigenvalue weighted by molar-refractivity contribution is -0.384. The summed E-state index contributed by atoms with van der Waals surface area (Å²) < 4.78 is 18.9. The largest absolute Gasteiger partial charge is 0.497 e. The molecule has 1 fully saturated rings. The summed E-state index contributed by atoms with van der Waals surface area (Å²) in [7, 11) is 3.18. The van der Waals surface area contributed by atoms with Gasteiger partial charge in [-0.25, -0.2) is 0 Å². The Morgan fingerprint density at radius 2 is 1.58 bits per heavy atom. The van der Waals surface area contributed by atoms with Crippen LogP contribution in [0.15, 0.2) is 97.2 Å². The zero-order chi connectivity index (χ0) is 31.7. The van der Waals surface area contributed by atoms with E-state index >= 15 is 0 Å². The Labute approximate surface area is 266 Å². The molecule has 10 nitrogen and oxygen atoms in total. The average Bonchev–Trinajstić information content (AvgIpc) is 3.56. The van der Waals surface area contributed by atoms with E-state index in [2.05, 4.69) is 21.3 Å². The topological polar surface area (TPSA) is 104 Å². The summed E-state index contributed by atoms with van der Waals surface area (Å²) in [5, 5.41) is 15.7. The summed E-state index contributed by atoms with van der Waals surface area (Å²) >= 11 is 5.94. The zero-order valence-electron chi connectivity index (χ0n) is 25.1. The van der Waals surface area contributed by atoms with Gasteiger partial charge in [0.05, 0.1) is 42.6 Å². The SMILES string of the molecule is COc1ccc(Oc2ccc(N3C(=S)NC(c4ccccn4)C3c3cc(C)n(-c4cc([N+](=O)[O-])ccc4OC)c3C)cc2)cc1. The lowest BCUT2D eigenvalue weighted by atomic mass is 9.96. The average molecular weight is 622 g/mol. The van der Waals surface area contributed by atoms with Crippen molar-refractivity contribution in [3.05, 3.63) is 130 Å². The standard InChI is InChI=1S/C34H31N5O5S/c1-21-19-28(22(2)37(21)30-20-24(39(40)41)10-17-31(30)43-4)33-32(29-7-5-6-18-35-29)36-34(45)38(33)23-8-11-26(12-9-23)44-27-15-13-25(42-3)14-16-27/h5-20,32-33H,1-4H3,(H,36,45). The molecule has 5 aromatic rings. The van der Waals surface area contributed by atoms with E-state index < -0.39 is 4.92 Å². The van der Waals surface area contributed by atoms with Crippen LogP contribution in [0.3, 0.4) is 0 Å². The first-order chi connectivity index (χ1) is 21.8. The van der Waals surface area contributed by atoms with Crippen molar-refractivity contribution in [2.75, 3.05) is 19.1 Å². The van der Waals surface area contributed by atoms with Gasteiger partial charge in [-0.05, 0) is 104 Å².